The zero-order chi connectivity index (χ0) is 18.2. The zero-order valence-corrected chi connectivity index (χ0v) is 16.1. The van der Waals surface area contributed by atoms with Crippen molar-refractivity contribution in [2.45, 2.75) is 26.2 Å². The largest absolute Gasteiger partial charge is 0.494 e. The van der Waals surface area contributed by atoms with Crippen LogP contribution in [0, 0.1) is 0 Å². The van der Waals surface area contributed by atoms with Gasteiger partial charge in [-0.2, -0.15) is 0 Å². The maximum atomic E-state index is 5.45. The van der Waals surface area contributed by atoms with Crippen LogP contribution in [0.5, 0.6) is 5.75 Å². The Morgan fingerprint density at radius 1 is 1.15 bits per heavy atom. The number of para-hydroxylation sites is 1. The fourth-order valence-electron chi connectivity index (χ4n) is 3.29. The molecule has 4 nitrogen and oxygen atoms in total. The van der Waals surface area contributed by atoms with Gasteiger partial charge in [0.2, 0.25) is 0 Å². The number of fused-ring (bicyclic) bond motifs is 1. The van der Waals surface area contributed by atoms with Crippen molar-refractivity contribution in [1.82, 2.24) is 5.32 Å². The van der Waals surface area contributed by atoms with E-state index in [0.717, 1.165) is 37.5 Å². The number of nitrogens with one attached hydrogen (secondary N) is 2. The monoisotopic (exact) mass is 369 g/mol. The maximum absolute atomic E-state index is 5.45. The van der Waals surface area contributed by atoms with Crippen LogP contribution in [0.1, 0.15) is 25.3 Å². The molecule has 5 heteroatoms. The minimum Gasteiger partial charge on any atom is -0.494 e. The summed E-state index contributed by atoms with van der Waals surface area (Å²) in [6.07, 6.45) is 3.49. The molecule has 0 saturated carbocycles. The third kappa shape index (κ3) is 5.11. The number of benzene rings is 2. The van der Waals surface area contributed by atoms with E-state index in [1.807, 2.05) is 31.2 Å². The normalized spacial score (nSPS) is 13.0. The zero-order valence-electron chi connectivity index (χ0n) is 15.3. The van der Waals surface area contributed by atoms with Crippen LogP contribution in [-0.2, 0) is 6.42 Å². The number of aryl methyl sites for hydroxylation is 1. The van der Waals surface area contributed by atoms with Crippen LogP contribution >= 0.6 is 12.2 Å². The first-order valence-corrected chi connectivity index (χ1v) is 9.77. The number of hydrogen-bond acceptors (Lipinski definition) is 3. The van der Waals surface area contributed by atoms with Crippen molar-refractivity contribution in [1.29, 1.82) is 0 Å². The van der Waals surface area contributed by atoms with Crippen LogP contribution in [0.25, 0.3) is 0 Å². The van der Waals surface area contributed by atoms with E-state index < -0.39 is 0 Å². The van der Waals surface area contributed by atoms with E-state index in [0.29, 0.717) is 11.7 Å². The van der Waals surface area contributed by atoms with Gasteiger partial charge in [-0.15, -0.1) is 0 Å². The molecule has 0 unspecified atom stereocenters. The first kappa shape index (κ1) is 18.5. The quantitative estimate of drug-likeness (QED) is 0.565. The molecular weight excluding hydrogens is 342 g/mol. The highest BCUT2D eigenvalue weighted by Crippen LogP contribution is 2.26. The summed E-state index contributed by atoms with van der Waals surface area (Å²) in [5.74, 6) is 0.874. The molecule has 0 fully saturated rings. The Hall–Kier alpha value is -2.27. The summed E-state index contributed by atoms with van der Waals surface area (Å²) in [6.45, 7) is 5.71. The lowest BCUT2D eigenvalue weighted by Gasteiger charge is -2.31. The topological polar surface area (TPSA) is 36.5 Å². The molecule has 2 N–H and O–H groups in total. The minimum absolute atomic E-state index is 0.660. The number of ether oxygens (including phenoxy) is 1. The molecule has 26 heavy (non-hydrogen) atoms. The predicted molar refractivity (Wildman–Crippen MR) is 113 cm³/mol. The van der Waals surface area contributed by atoms with Gasteiger partial charge < -0.3 is 20.3 Å². The summed E-state index contributed by atoms with van der Waals surface area (Å²) < 4.78 is 5.45. The smallest absolute Gasteiger partial charge is 0.170 e. The fraction of sp³-hybridized carbons (Fsp3) is 0.381. The molecule has 0 aromatic heterocycles. The number of anilines is 2. The van der Waals surface area contributed by atoms with E-state index in [1.165, 1.54) is 24.1 Å². The van der Waals surface area contributed by atoms with Gasteiger partial charge in [-0.05, 0) is 74.3 Å². The van der Waals surface area contributed by atoms with Crippen LogP contribution in [0.3, 0.4) is 0 Å². The van der Waals surface area contributed by atoms with E-state index in [2.05, 4.69) is 39.8 Å². The summed E-state index contributed by atoms with van der Waals surface area (Å²) in [7, 11) is 0. The molecule has 0 aliphatic carbocycles. The number of nitrogens with zero attached hydrogens (tertiary/aromatic N) is 1. The van der Waals surface area contributed by atoms with Crippen LogP contribution < -0.4 is 20.3 Å². The Labute approximate surface area is 161 Å². The van der Waals surface area contributed by atoms with Crippen molar-refractivity contribution >= 4 is 28.7 Å². The third-order valence-electron chi connectivity index (χ3n) is 4.52. The predicted octanol–water partition coefficient (Wildman–Crippen LogP) is 4.21. The standard InChI is InChI=1S/C21H27N3OS/c1-2-25-19-12-10-18(11-13-19)23-21(26)22-14-6-16-24-15-5-8-17-7-3-4-9-20(17)24/h3-4,7,9-13H,2,5-6,8,14-16H2,1H3,(H2,22,23,26). The molecule has 2 aromatic carbocycles. The second-order valence-corrected chi connectivity index (χ2v) is 6.82. The minimum atomic E-state index is 0.660. The van der Waals surface area contributed by atoms with Gasteiger partial charge in [0, 0.05) is 31.0 Å². The Morgan fingerprint density at radius 3 is 2.77 bits per heavy atom. The summed E-state index contributed by atoms with van der Waals surface area (Å²) in [4.78, 5) is 2.49. The van der Waals surface area contributed by atoms with Gasteiger partial charge in [0.1, 0.15) is 5.75 Å². The van der Waals surface area contributed by atoms with Crippen molar-refractivity contribution in [3.8, 4) is 5.75 Å². The van der Waals surface area contributed by atoms with Gasteiger partial charge in [-0.25, -0.2) is 0 Å². The van der Waals surface area contributed by atoms with Gasteiger partial charge in [0.25, 0.3) is 0 Å². The van der Waals surface area contributed by atoms with Crippen molar-refractivity contribution in [3.05, 3.63) is 54.1 Å². The molecule has 0 spiro atoms. The molecule has 138 valence electrons. The summed E-state index contributed by atoms with van der Waals surface area (Å²) in [5.41, 5.74) is 3.84. The Balaban J connectivity index is 1.39. The molecular formula is C21H27N3OS. The average Bonchev–Trinajstić information content (AvgIpc) is 2.67. The lowest BCUT2D eigenvalue weighted by molar-refractivity contribution is 0.340. The van der Waals surface area contributed by atoms with Gasteiger partial charge in [0.15, 0.2) is 5.11 Å². The molecule has 1 aliphatic heterocycles. The van der Waals surface area contributed by atoms with Crippen LogP contribution in [0.4, 0.5) is 11.4 Å². The van der Waals surface area contributed by atoms with Gasteiger partial charge >= 0.3 is 0 Å². The first-order valence-electron chi connectivity index (χ1n) is 9.37. The average molecular weight is 370 g/mol. The molecule has 1 aliphatic rings. The molecule has 3 rings (SSSR count). The Bertz CT molecular complexity index is 717. The molecule has 0 radical (unpaired) electrons. The van der Waals surface area contributed by atoms with Crippen molar-refractivity contribution in [3.63, 3.8) is 0 Å². The van der Waals surface area contributed by atoms with E-state index in [-0.39, 0.29) is 0 Å². The lowest BCUT2D eigenvalue weighted by Crippen LogP contribution is -2.34. The highest BCUT2D eigenvalue weighted by molar-refractivity contribution is 7.80. The third-order valence-corrected chi connectivity index (χ3v) is 4.77. The SMILES string of the molecule is CCOc1ccc(NC(=S)NCCCN2CCCc3ccccc32)cc1. The molecule has 0 amide bonds. The molecule has 0 saturated heterocycles. The van der Waals surface area contributed by atoms with Crippen LogP contribution in [0.15, 0.2) is 48.5 Å². The van der Waals surface area contributed by atoms with E-state index >= 15 is 0 Å². The summed E-state index contributed by atoms with van der Waals surface area (Å²) in [6, 6.07) is 16.6. The highest BCUT2D eigenvalue weighted by atomic mass is 32.1. The lowest BCUT2D eigenvalue weighted by atomic mass is 10.0. The van der Waals surface area contributed by atoms with E-state index in [1.54, 1.807) is 0 Å². The number of thiocarbonyl (C=S) groups is 1. The van der Waals surface area contributed by atoms with Crippen LogP contribution in [-0.4, -0.2) is 31.4 Å². The van der Waals surface area contributed by atoms with Gasteiger partial charge in [-0.1, -0.05) is 18.2 Å². The molecule has 1 heterocycles. The second kappa shape index (κ2) is 9.43. The van der Waals surface area contributed by atoms with Gasteiger partial charge in [0.05, 0.1) is 6.61 Å². The first-order chi connectivity index (χ1) is 12.8. The molecule has 2 aromatic rings. The Kier molecular flexibility index (Phi) is 6.72. The van der Waals surface area contributed by atoms with Crippen molar-refractivity contribution in [2.24, 2.45) is 0 Å². The fourth-order valence-corrected chi connectivity index (χ4v) is 3.51. The van der Waals surface area contributed by atoms with E-state index in [4.69, 9.17) is 17.0 Å². The highest BCUT2D eigenvalue weighted by Gasteiger charge is 2.15. The van der Waals surface area contributed by atoms with Crippen LogP contribution in [0.2, 0.25) is 0 Å². The summed E-state index contributed by atoms with van der Waals surface area (Å²) >= 11 is 5.39. The number of hydrogen-bond donors (Lipinski definition) is 2. The molecule has 0 bridgehead atoms. The molecule has 0 atom stereocenters. The second-order valence-electron chi connectivity index (χ2n) is 6.41. The summed E-state index contributed by atoms with van der Waals surface area (Å²) in [5, 5.41) is 7.17. The number of rotatable bonds is 7. The maximum Gasteiger partial charge on any atom is 0.170 e. The van der Waals surface area contributed by atoms with Gasteiger partial charge in [-0.3, -0.25) is 0 Å². The van der Waals surface area contributed by atoms with Crippen molar-refractivity contribution in [2.75, 3.05) is 36.5 Å². The van der Waals surface area contributed by atoms with E-state index in [9.17, 15) is 0 Å². The Morgan fingerprint density at radius 2 is 1.96 bits per heavy atom. The van der Waals surface area contributed by atoms with Crippen molar-refractivity contribution < 1.29 is 4.74 Å².